The van der Waals surface area contributed by atoms with E-state index in [0.29, 0.717) is 0 Å². The molecular weight excluding hydrogens is 160 g/mol. The number of esters is 1. The summed E-state index contributed by atoms with van der Waals surface area (Å²) in [5, 5.41) is 7.00. The van der Waals surface area contributed by atoms with Crippen molar-refractivity contribution in [2.24, 2.45) is 0 Å². The fourth-order valence-corrected chi connectivity index (χ4v) is 0.510. The predicted octanol–water partition coefficient (Wildman–Crippen LogP) is 0.585. The maximum Gasteiger partial charge on any atom is 0.302 e. The number of hydrogen-bond donors (Lipinski definition) is 1. The smallest absolute Gasteiger partial charge is 0.302 e. The van der Waals surface area contributed by atoms with Crippen LogP contribution in [0.2, 0.25) is 0 Å². The molecule has 74 valence electrons. The Bertz CT molecular complexity index is 81.4. The van der Waals surface area contributed by atoms with Crippen LogP contribution in [-0.4, -0.2) is 38.5 Å². The van der Waals surface area contributed by atoms with Gasteiger partial charge >= 0.3 is 5.97 Å². The zero-order valence-electron chi connectivity index (χ0n) is 8.00. The molecule has 1 aliphatic heterocycles. The van der Waals surface area contributed by atoms with Crippen molar-refractivity contribution in [3.05, 3.63) is 0 Å². The van der Waals surface area contributed by atoms with Gasteiger partial charge in [-0.3, -0.25) is 4.79 Å². The molecule has 0 aromatic heterocycles. The van der Waals surface area contributed by atoms with Gasteiger partial charge in [-0.2, -0.15) is 0 Å². The van der Waals surface area contributed by atoms with Crippen molar-refractivity contribution < 1.29 is 19.4 Å². The van der Waals surface area contributed by atoms with Crippen LogP contribution < -0.4 is 0 Å². The third-order valence-electron chi connectivity index (χ3n) is 1.11. The lowest BCUT2D eigenvalue weighted by atomic mass is 10.4. The van der Waals surface area contributed by atoms with Gasteiger partial charge in [0.25, 0.3) is 0 Å². The number of rotatable bonds is 0. The molecule has 1 N–H and O–H groups in total. The summed E-state index contributed by atoms with van der Waals surface area (Å²) in [5.41, 5.74) is 0. The number of carbonyl (C=O) groups excluding carboxylic acids is 1. The Morgan fingerprint density at radius 3 is 1.75 bits per heavy atom. The molecule has 0 aromatic rings. The maximum atomic E-state index is 9.59. The summed E-state index contributed by atoms with van der Waals surface area (Å²) in [6.07, 6.45) is 2.56. The van der Waals surface area contributed by atoms with E-state index < -0.39 is 0 Å². The monoisotopic (exact) mass is 178 g/mol. The Kier molecular flexibility index (Phi) is 15.1. The van der Waals surface area contributed by atoms with Gasteiger partial charge in [-0.25, -0.2) is 0 Å². The van der Waals surface area contributed by atoms with Crippen LogP contribution >= 0.6 is 0 Å². The second-order valence-electron chi connectivity index (χ2n) is 2.02. The van der Waals surface area contributed by atoms with Crippen molar-refractivity contribution in [1.82, 2.24) is 0 Å². The molecular formula is C8H18O4. The average molecular weight is 178 g/mol. The molecule has 1 aliphatic rings. The molecule has 0 aliphatic carbocycles. The first-order valence-electron chi connectivity index (χ1n) is 3.84. The molecule has 1 heterocycles. The van der Waals surface area contributed by atoms with Crippen molar-refractivity contribution in [2.75, 3.05) is 27.4 Å². The summed E-state index contributed by atoms with van der Waals surface area (Å²) >= 11 is 0. The molecule has 4 nitrogen and oxygen atoms in total. The van der Waals surface area contributed by atoms with Crippen molar-refractivity contribution in [1.29, 1.82) is 0 Å². The van der Waals surface area contributed by atoms with Gasteiger partial charge in [-0.15, -0.1) is 0 Å². The quantitative estimate of drug-likeness (QED) is 0.551. The second kappa shape index (κ2) is 13.0. The van der Waals surface area contributed by atoms with Gasteiger partial charge in [0.1, 0.15) is 0 Å². The van der Waals surface area contributed by atoms with Crippen LogP contribution in [-0.2, 0) is 14.3 Å². The fraction of sp³-hybridized carbons (Fsp3) is 0.875. The molecule has 12 heavy (non-hydrogen) atoms. The lowest BCUT2D eigenvalue weighted by molar-refractivity contribution is -0.137. The lowest BCUT2D eigenvalue weighted by Gasteiger charge is -1.80. The second-order valence-corrected chi connectivity index (χ2v) is 2.02. The van der Waals surface area contributed by atoms with Gasteiger partial charge < -0.3 is 14.6 Å². The van der Waals surface area contributed by atoms with Crippen LogP contribution in [0.25, 0.3) is 0 Å². The first-order valence-corrected chi connectivity index (χ1v) is 3.84. The van der Waals surface area contributed by atoms with Crippen LogP contribution in [0.1, 0.15) is 19.8 Å². The lowest BCUT2D eigenvalue weighted by Crippen LogP contribution is -1.88. The Labute approximate surface area is 73.5 Å². The van der Waals surface area contributed by atoms with Gasteiger partial charge in [0.2, 0.25) is 0 Å². The molecule has 1 rings (SSSR count). The highest BCUT2D eigenvalue weighted by molar-refractivity contribution is 5.65. The number of methoxy groups -OCH3 is 1. The maximum absolute atomic E-state index is 9.59. The summed E-state index contributed by atoms with van der Waals surface area (Å²) in [6, 6.07) is 0. The molecule has 0 radical (unpaired) electrons. The van der Waals surface area contributed by atoms with Crippen LogP contribution in [0, 0.1) is 0 Å². The normalized spacial score (nSPS) is 13.3. The molecule has 4 heteroatoms. The van der Waals surface area contributed by atoms with E-state index in [1.165, 1.54) is 26.9 Å². The molecule has 0 unspecified atom stereocenters. The third kappa shape index (κ3) is 16.2. The summed E-state index contributed by atoms with van der Waals surface area (Å²) in [4.78, 5) is 9.59. The van der Waals surface area contributed by atoms with Crippen LogP contribution in [0.3, 0.4) is 0 Å². The minimum atomic E-state index is -0.245. The molecule has 1 fully saturated rings. The number of aliphatic hydroxyl groups is 1. The fourth-order valence-electron chi connectivity index (χ4n) is 0.510. The summed E-state index contributed by atoms with van der Waals surface area (Å²) in [7, 11) is 2.35. The number of aliphatic hydroxyl groups excluding tert-OH is 1. The molecule has 0 spiro atoms. The zero-order valence-corrected chi connectivity index (χ0v) is 8.00. The Balaban J connectivity index is 0. The molecule has 0 aromatic carbocycles. The van der Waals surface area contributed by atoms with Crippen molar-refractivity contribution >= 4 is 5.97 Å². The van der Waals surface area contributed by atoms with Crippen molar-refractivity contribution in [3.63, 3.8) is 0 Å². The largest absolute Gasteiger partial charge is 0.469 e. The highest BCUT2D eigenvalue weighted by atomic mass is 16.5. The van der Waals surface area contributed by atoms with E-state index in [1.807, 2.05) is 0 Å². The first-order chi connectivity index (χ1) is 5.77. The third-order valence-corrected chi connectivity index (χ3v) is 1.11. The number of ether oxygens (including phenoxy) is 2. The van der Waals surface area contributed by atoms with Gasteiger partial charge in [-0.05, 0) is 12.8 Å². The average Bonchev–Trinajstić information content (AvgIpc) is 2.65. The topological polar surface area (TPSA) is 55.8 Å². The minimum Gasteiger partial charge on any atom is -0.469 e. The summed E-state index contributed by atoms with van der Waals surface area (Å²) < 4.78 is 9.06. The SMILES string of the molecule is C1CCOC1.CO.COC(C)=O. The molecule has 0 amide bonds. The van der Waals surface area contributed by atoms with Crippen molar-refractivity contribution in [3.8, 4) is 0 Å². The predicted molar refractivity (Wildman–Crippen MR) is 45.9 cm³/mol. The van der Waals surface area contributed by atoms with Gasteiger partial charge in [0, 0.05) is 27.2 Å². The number of hydrogen-bond acceptors (Lipinski definition) is 4. The zero-order chi connectivity index (χ0) is 9.82. The molecule has 0 atom stereocenters. The Morgan fingerprint density at radius 2 is 1.67 bits per heavy atom. The van der Waals surface area contributed by atoms with E-state index in [0.717, 1.165) is 20.3 Å². The highest BCUT2D eigenvalue weighted by Gasteiger charge is 1.94. The molecule has 0 bridgehead atoms. The van der Waals surface area contributed by atoms with Crippen LogP contribution in [0.15, 0.2) is 0 Å². The van der Waals surface area contributed by atoms with E-state index in [1.54, 1.807) is 0 Å². The van der Waals surface area contributed by atoms with E-state index in [4.69, 9.17) is 9.84 Å². The van der Waals surface area contributed by atoms with Gasteiger partial charge in [-0.1, -0.05) is 0 Å². The Morgan fingerprint density at radius 1 is 1.33 bits per heavy atom. The highest BCUT2D eigenvalue weighted by Crippen LogP contribution is 1.98. The minimum absolute atomic E-state index is 0.245. The van der Waals surface area contributed by atoms with Crippen LogP contribution in [0.5, 0.6) is 0 Å². The van der Waals surface area contributed by atoms with Gasteiger partial charge in [0.15, 0.2) is 0 Å². The summed E-state index contributed by atoms with van der Waals surface area (Å²) in [6.45, 7) is 3.36. The first kappa shape index (κ1) is 13.9. The van der Waals surface area contributed by atoms with Crippen LogP contribution in [0.4, 0.5) is 0 Å². The van der Waals surface area contributed by atoms with E-state index in [-0.39, 0.29) is 5.97 Å². The van der Waals surface area contributed by atoms with Gasteiger partial charge in [0.05, 0.1) is 7.11 Å². The number of carbonyl (C=O) groups is 1. The molecule has 1 saturated heterocycles. The Hall–Kier alpha value is -0.610. The molecule has 0 saturated carbocycles. The van der Waals surface area contributed by atoms with E-state index in [2.05, 4.69) is 4.74 Å². The summed E-state index contributed by atoms with van der Waals surface area (Å²) in [5.74, 6) is -0.245. The standard InChI is InChI=1S/C4H8O.C3H6O2.CH4O/c1-2-4-5-3-1;1-3(4)5-2;1-2/h1-4H2;1-2H3;2H,1H3. The van der Waals surface area contributed by atoms with E-state index >= 15 is 0 Å². The van der Waals surface area contributed by atoms with Crippen molar-refractivity contribution in [2.45, 2.75) is 19.8 Å². The van der Waals surface area contributed by atoms with E-state index in [9.17, 15) is 4.79 Å².